The number of hydrogen-bond acceptors (Lipinski definition) is 5. The molecule has 0 unspecified atom stereocenters. The number of nitrogens with one attached hydrogen (secondary N) is 1. The Hall–Kier alpha value is -2.67. The van der Waals surface area contributed by atoms with E-state index in [2.05, 4.69) is 27.3 Å². The van der Waals surface area contributed by atoms with Gasteiger partial charge in [0.1, 0.15) is 17.4 Å². The van der Waals surface area contributed by atoms with Gasteiger partial charge in [0, 0.05) is 37.0 Å². The summed E-state index contributed by atoms with van der Waals surface area (Å²) < 4.78 is 21.9. The number of benzene rings is 1. The minimum absolute atomic E-state index is 0.313. The third-order valence-corrected chi connectivity index (χ3v) is 4.35. The van der Waals surface area contributed by atoms with Crippen LogP contribution in [0.1, 0.15) is 6.42 Å². The fourth-order valence-electron chi connectivity index (χ4n) is 2.97. The minimum atomic E-state index is -0.313. The predicted molar refractivity (Wildman–Crippen MR) is 94.5 cm³/mol. The molecule has 4 bridgehead atoms. The van der Waals surface area contributed by atoms with Gasteiger partial charge in [-0.25, -0.2) is 13.9 Å². The average molecular weight is 341 g/mol. The lowest BCUT2D eigenvalue weighted by Gasteiger charge is -2.17. The van der Waals surface area contributed by atoms with Crippen LogP contribution in [0.3, 0.4) is 0 Å². The molecule has 7 heteroatoms. The second-order valence-electron chi connectivity index (χ2n) is 6.21. The van der Waals surface area contributed by atoms with Crippen LogP contribution in [-0.2, 0) is 0 Å². The van der Waals surface area contributed by atoms with Gasteiger partial charge in [-0.05, 0) is 37.7 Å². The molecule has 0 atom stereocenters. The zero-order valence-corrected chi connectivity index (χ0v) is 14.1. The van der Waals surface area contributed by atoms with Crippen LogP contribution in [0.5, 0.6) is 5.75 Å². The molecule has 3 aromatic rings. The molecule has 25 heavy (non-hydrogen) atoms. The van der Waals surface area contributed by atoms with Gasteiger partial charge < -0.3 is 15.0 Å². The van der Waals surface area contributed by atoms with Crippen LogP contribution in [0, 0.1) is 5.82 Å². The highest BCUT2D eigenvalue weighted by Crippen LogP contribution is 2.30. The molecule has 3 heterocycles. The van der Waals surface area contributed by atoms with Crippen molar-refractivity contribution in [3.63, 3.8) is 0 Å². The summed E-state index contributed by atoms with van der Waals surface area (Å²) in [6.07, 6.45) is 4.38. The summed E-state index contributed by atoms with van der Waals surface area (Å²) in [6.45, 7) is 3.22. The van der Waals surface area contributed by atoms with Crippen LogP contribution in [0.15, 0.2) is 36.7 Å². The molecule has 0 saturated carbocycles. The van der Waals surface area contributed by atoms with E-state index in [4.69, 9.17) is 4.74 Å². The predicted octanol–water partition coefficient (Wildman–Crippen LogP) is 2.66. The number of anilines is 1. The van der Waals surface area contributed by atoms with Crippen molar-refractivity contribution in [2.24, 2.45) is 0 Å². The maximum Gasteiger partial charge on any atom is 0.165 e. The molecule has 4 rings (SSSR count). The lowest BCUT2D eigenvalue weighted by atomic mass is 10.1. The van der Waals surface area contributed by atoms with Crippen molar-refractivity contribution >= 4 is 11.5 Å². The molecule has 130 valence electrons. The lowest BCUT2D eigenvalue weighted by Crippen LogP contribution is -2.27. The fourth-order valence-corrected chi connectivity index (χ4v) is 2.97. The quantitative estimate of drug-likeness (QED) is 0.681. The molecule has 0 aliphatic carbocycles. The van der Waals surface area contributed by atoms with Crippen molar-refractivity contribution in [1.82, 2.24) is 19.5 Å². The summed E-state index contributed by atoms with van der Waals surface area (Å²) in [6, 6.07) is 6.68. The number of hydrogen-bond donors (Lipinski definition) is 1. The topological polar surface area (TPSA) is 54.7 Å². The van der Waals surface area contributed by atoms with Crippen LogP contribution < -0.4 is 10.1 Å². The summed E-state index contributed by atoms with van der Waals surface area (Å²) in [5.41, 5.74) is 1.71. The number of aromatic nitrogens is 3. The highest BCUT2D eigenvalue weighted by atomic mass is 19.1. The zero-order valence-electron chi connectivity index (χ0n) is 14.1. The van der Waals surface area contributed by atoms with Crippen molar-refractivity contribution in [3.8, 4) is 16.9 Å². The summed E-state index contributed by atoms with van der Waals surface area (Å²) in [4.78, 5) is 6.85. The number of rotatable bonds is 0. The van der Waals surface area contributed by atoms with Gasteiger partial charge in [0.15, 0.2) is 5.65 Å². The first-order valence-corrected chi connectivity index (χ1v) is 8.40. The molecule has 1 aliphatic heterocycles. The zero-order chi connectivity index (χ0) is 17.2. The standard InChI is InChI=1S/C18H20FN5O/c1-23-7-2-10-25-13-3-4-16(19)14(11-13)15-12-21-24-8-5-17(20-6-9-23)22-18(15)24/h3-5,8,11-12H,2,6-7,9-10H2,1H3,(H,20,22). The second kappa shape index (κ2) is 6.68. The van der Waals surface area contributed by atoms with Gasteiger partial charge in [-0.2, -0.15) is 5.10 Å². The molecular formula is C18H20FN5O. The minimum Gasteiger partial charge on any atom is -0.494 e. The van der Waals surface area contributed by atoms with Crippen LogP contribution >= 0.6 is 0 Å². The number of ether oxygens (including phenoxy) is 1. The van der Waals surface area contributed by atoms with E-state index >= 15 is 0 Å². The van der Waals surface area contributed by atoms with E-state index in [1.54, 1.807) is 22.8 Å². The summed E-state index contributed by atoms with van der Waals surface area (Å²) in [5, 5.41) is 7.60. The van der Waals surface area contributed by atoms with E-state index in [1.807, 2.05) is 12.3 Å². The molecule has 1 aromatic carbocycles. The molecule has 1 aliphatic rings. The van der Waals surface area contributed by atoms with Gasteiger partial charge in [0.05, 0.1) is 12.8 Å². The third kappa shape index (κ3) is 3.28. The van der Waals surface area contributed by atoms with E-state index < -0.39 is 0 Å². The third-order valence-electron chi connectivity index (χ3n) is 4.35. The van der Waals surface area contributed by atoms with Gasteiger partial charge in [-0.1, -0.05) is 0 Å². The van der Waals surface area contributed by atoms with E-state index in [0.717, 1.165) is 31.9 Å². The molecular weight excluding hydrogens is 321 g/mol. The van der Waals surface area contributed by atoms with Crippen LogP contribution in [0.4, 0.5) is 10.2 Å². The van der Waals surface area contributed by atoms with Crippen molar-refractivity contribution in [2.75, 3.05) is 38.6 Å². The smallest absolute Gasteiger partial charge is 0.165 e. The first-order chi connectivity index (χ1) is 12.2. The van der Waals surface area contributed by atoms with Gasteiger partial charge in [0.25, 0.3) is 0 Å². The molecule has 0 spiro atoms. The Bertz CT molecular complexity index is 894. The molecule has 2 aromatic heterocycles. The SMILES string of the molecule is CN1CCCOc2ccc(F)c(c2)-c2cnn3ccc(nc23)NCC1. The Morgan fingerprint density at radius 2 is 2.12 bits per heavy atom. The van der Waals surface area contributed by atoms with Gasteiger partial charge in [-0.15, -0.1) is 0 Å². The Morgan fingerprint density at radius 1 is 1.20 bits per heavy atom. The van der Waals surface area contributed by atoms with E-state index in [1.165, 1.54) is 6.07 Å². The van der Waals surface area contributed by atoms with Crippen LogP contribution in [0.2, 0.25) is 0 Å². The first-order valence-electron chi connectivity index (χ1n) is 8.40. The molecule has 0 fully saturated rings. The highest BCUT2D eigenvalue weighted by molar-refractivity contribution is 5.78. The first kappa shape index (κ1) is 15.8. The monoisotopic (exact) mass is 341 g/mol. The lowest BCUT2D eigenvalue weighted by molar-refractivity contribution is 0.266. The fraction of sp³-hybridized carbons (Fsp3) is 0.333. The number of likely N-dealkylation sites (N-methyl/N-ethyl adjacent to an activating group) is 1. The molecule has 0 amide bonds. The summed E-state index contributed by atoms with van der Waals surface area (Å²) >= 11 is 0. The Morgan fingerprint density at radius 3 is 3.04 bits per heavy atom. The van der Waals surface area contributed by atoms with Crippen molar-refractivity contribution < 1.29 is 9.13 Å². The Labute approximate surface area is 145 Å². The maximum absolute atomic E-state index is 14.4. The number of nitrogens with zero attached hydrogens (tertiary/aromatic N) is 4. The number of halogens is 1. The van der Waals surface area contributed by atoms with E-state index in [-0.39, 0.29) is 5.82 Å². The normalized spacial score (nSPS) is 16.1. The average Bonchev–Trinajstić information content (AvgIpc) is 3.02. The van der Waals surface area contributed by atoms with Gasteiger partial charge >= 0.3 is 0 Å². The van der Waals surface area contributed by atoms with Gasteiger partial charge in [0.2, 0.25) is 0 Å². The molecule has 6 nitrogen and oxygen atoms in total. The Kier molecular flexibility index (Phi) is 4.23. The van der Waals surface area contributed by atoms with Crippen molar-refractivity contribution in [3.05, 3.63) is 42.5 Å². The van der Waals surface area contributed by atoms with E-state index in [9.17, 15) is 4.39 Å². The van der Waals surface area contributed by atoms with E-state index in [0.29, 0.717) is 29.1 Å². The number of fused-ring (bicyclic) bond motifs is 4. The Balaban J connectivity index is 1.80. The van der Waals surface area contributed by atoms with Crippen molar-refractivity contribution in [1.29, 1.82) is 0 Å². The maximum atomic E-state index is 14.4. The summed E-state index contributed by atoms with van der Waals surface area (Å²) in [7, 11) is 2.08. The molecule has 0 saturated heterocycles. The summed E-state index contributed by atoms with van der Waals surface area (Å²) in [5.74, 6) is 1.10. The van der Waals surface area contributed by atoms with Gasteiger partial charge in [-0.3, -0.25) is 0 Å². The second-order valence-corrected chi connectivity index (χ2v) is 6.21. The van der Waals surface area contributed by atoms with Crippen LogP contribution in [0.25, 0.3) is 16.8 Å². The van der Waals surface area contributed by atoms with Crippen LogP contribution in [-0.4, -0.2) is 52.8 Å². The molecule has 0 radical (unpaired) electrons. The highest BCUT2D eigenvalue weighted by Gasteiger charge is 2.14. The molecule has 1 N–H and O–H groups in total. The van der Waals surface area contributed by atoms with Crippen molar-refractivity contribution in [2.45, 2.75) is 6.42 Å². The largest absolute Gasteiger partial charge is 0.494 e.